The number of nitrogens with one attached hydrogen (secondary N) is 1. The fourth-order valence-corrected chi connectivity index (χ4v) is 1.30. The molecule has 0 fully saturated rings. The first kappa shape index (κ1) is 11.0. The van der Waals surface area contributed by atoms with E-state index in [-0.39, 0.29) is 0 Å². The van der Waals surface area contributed by atoms with E-state index in [1.54, 1.807) is 0 Å². The van der Waals surface area contributed by atoms with Gasteiger partial charge in [-0.25, -0.2) is 0 Å². The molecule has 0 aromatic heterocycles. The molecule has 0 radical (unpaired) electrons. The third-order valence-electron chi connectivity index (χ3n) is 2.24. The molecular formula is C13H19N. The number of hydrogen-bond donors (Lipinski definition) is 1. The van der Waals surface area contributed by atoms with Crippen LogP contribution in [0.25, 0.3) is 6.08 Å². The van der Waals surface area contributed by atoms with Crippen LogP contribution < -0.4 is 5.32 Å². The minimum Gasteiger partial charge on any atom is -0.316 e. The zero-order valence-corrected chi connectivity index (χ0v) is 9.25. The predicted octanol–water partition coefficient (Wildman–Crippen LogP) is 3.04. The summed E-state index contributed by atoms with van der Waals surface area (Å²) in [7, 11) is 1.95. The van der Waals surface area contributed by atoms with Gasteiger partial charge >= 0.3 is 0 Å². The highest BCUT2D eigenvalue weighted by Gasteiger charge is 1.96. The molecule has 1 N–H and O–H groups in total. The van der Waals surface area contributed by atoms with Crippen molar-refractivity contribution in [2.75, 3.05) is 13.6 Å². The second-order valence-electron chi connectivity index (χ2n) is 3.78. The molecule has 0 amide bonds. The van der Waals surface area contributed by atoms with E-state index < -0.39 is 0 Å². The molecule has 1 nitrogen and oxygen atoms in total. The van der Waals surface area contributed by atoms with Gasteiger partial charge in [0, 0.05) is 6.54 Å². The van der Waals surface area contributed by atoms with Crippen molar-refractivity contribution >= 4 is 6.08 Å². The molecule has 0 saturated heterocycles. The Bertz CT molecular complexity index is 283. The third-order valence-corrected chi connectivity index (χ3v) is 2.24. The number of rotatable bonds is 4. The Morgan fingerprint density at radius 1 is 1.21 bits per heavy atom. The zero-order chi connectivity index (χ0) is 10.4. The molecule has 0 unspecified atom stereocenters. The molecule has 0 aliphatic rings. The van der Waals surface area contributed by atoms with Crippen LogP contribution >= 0.6 is 0 Å². The quantitative estimate of drug-likeness (QED) is 0.767. The van der Waals surface area contributed by atoms with Crippen LogP contribution in [0.1, 0.15) is 30.9 Å². The lowest BCUT2D eigenvalue weighted by atomic mass is 10.0. The summed E-state index contributed by atoms with van der Waals surface area (Å²) >= 11 is 0. The van der Waals surface area contributed by atoms with Gasteiger partial charge < -0.3 is 5.32 Å². The Hall–Kier alpha value is -1.08. The molecule has 0 heterocycles. The van der Waals surface area contributed by atoms with E-state index in [9.17, 15) is 0 Å². The van der Waals surface area contributed by atoms with Gasteiger partial charge in [0.2, 0.25) is 0 Å². The molecule has 0 atom stereocenters. The molecule has 1 rings (SSSR count). The lowest BCUT2D eigenvalue weighted by Gasteiger charge is -2.04. The van der Waals surface area contributed by atoms with Crippen molar-refractivity contribution in [2.45, 2.75) is 19.8 Å². The Balaban J connectivity index is 2.64. The molecule has 0 aliphatic heterocycles. The smallest absolute Gasteiger partial charge is 0.0135 e. The monoisotopic (exact) mass is 189 g/mol. The lowest BCUT2D eigenvalue weighted by molar-refractivity contribution is 0.866. The van der Waals surface area contributed by atoms with Gasteiger partial charge in [-0.15, -0.1) is 0 Å². The van der Waals surface area contributed by atoms with Gasteiger partial charge in [0.15, 0.2) is 0 Å². The average molecular weight is 189 g/mol. The largest absolute Gasteiger partial charge is 0.316 e. The summed E-state index contributed by atoms with van der Waals surface area (Å²) in [6.07, 6.45) is 4.27. The van der Waals surface area contributed by atoms with E-state index in [0.717, 1.165) is 6.54 Å². The lowest BCUT2D eigenvalue weighted by Crippen LogP contribution is -2.03. The molecule has 14 heavy (non-hydrogen) atoms. The van der Waals surface area contributed by atoms with Crippen molar-refractivity contribution in [3.63, 3.8) is 0 Å². The summed E-state index contributed by atoms with van der Waals surface area (Å²) in [5, 5.41) is 3.08. The molecule has 0 aliphatic carbocycles. The summed E-state index contributed by atoms with van der Waals surface area (Å²) < 4.78 is 0. The van der Waals surface area contributed by atoms with Crippen LogP contribution in [0.3, 0.4) is 0 Å². The molecule has 0 saturated carbocycles. The SMILES string of the molecule is CNC/C=C/c1ccc(C(C)C)cc1. The summed E-state index contributed by atoms with van der Waals surface area (Å²) in [6.45, 7) is 5.35. The van der Waals surface area contributed by atoms with E-state index in [4.69, 9.17) is 0 Å². The Morgan fingerprint density at radius 3 is 2.36 bits per heavy atom. The first-order chi connectivity index (χ1) is 6.74. The fourth-order valence-electron chi connectivity index (χ4n) is 1.30. The van der Waals surface area contributed by atoms with Crippen molar-refractivity contribution in [1.29, 1.82) is 0 Å². The van der Waals surface area contributed by atoms with E-state index in [2.05, 4.69) is 55.6 Å². The topological polar surface area (TPSA) is 12.0 Å². The van der Waals surface area contributed by atoms with Crippen molar-refractivity contribution in [2.24, 2.45) is 0 Å². The molecule has 1 heteroatoms. The highest BCUT2D eigenvalue weighted by atomic mass is 14.8. The first-order valence-corrected chi connectivity index (χ1v) is 5.15. The fraction of sp³-hybridized carbons (Fsp3) is 0.385. The van der Waals surface area contributed by atoms with E-state index in [1.165, 1.54) is 11.1 Å². The second-order valence-corrected chi connectivity index (χ2v) is 3.78. The van der Waals surface area contributed by atoms with Gasteiger partial charge in [-0.2, -0.15) is 0 Å². The van der Waals surface area contributed by atoms with Gasteiger partial charge in [-0.1, -0.05) is 50.3 Å². The summed E-state index contributed by atoms with van der Waals surface area (Å²) in [5.74, 6) is 0.616. The second kappa shape index (κ2) is 5.61. The van der Waals surface area contributed by atoms with Crippen LogP contribution in [0.5, 0.6) is 0 Å². The molecule has 76 valence electrons. The van der Waals surface area contributed by atoms with Crippen molar-refractivity contribution < 1.29 is 0 Å². The zero-order valence-electron chi connectivity index (χ0n) is 9.25. The van der Waals surface area contributed by atoms with E-state index in [0.29, 0.717) is 5.92 Å². The molecular weight excluding hydrogens is 170 g/mol. The minimum atomic E-state index is 0.616. The highest BCUT2D eigenvalue weighted by molar-refractivity contribution is 5.50. The van der Waals surface area contributed by atoms with Gasteiger partial charge in [-0.3, -0.25) is 0 Å². The standard InChI is InChI=1S/C13H19N/c1-11(2)13-8-6-12(7-9-13)5-4-10-14-3/h4-9,11,14H,10H2,1-3H3/b5-4+. The van der Waals surface area contributed by atoms with Crippen LogP contribution in [0.15, 0.2) is 30.3 Å². The maximum atomic E-state index is 3.08. The maximum absolute atomic E-state index is 3.08. The van der Waals surface area contributed by atoms with Crippen LogP contribution in [0.4, 0.5) is 0 Å². The summed E-state index contributed by atoms with van der Waals surface area (Å²) in [5.41, 5.74) is 2.67. The van der Waals surface area contributed by atoms with Crippen LogP contribution in [-0.4, -0.2) is 13.6 Å². The number of likely N-dealkylation sites (N-methyl/N-ethyl adjacent to an activating group) is 1. The van der Waals surface area contributed by atoms with Crippen molar-refractivity contribution in [3.8, 4) is 0 Å². The van der Waals surface area contributed by atoms with Crippen LogP contribution in [0.2, 0.25) is 0 Å². The van der Waals surface area contributed by atoms with E-state index >= 15 is 0 Å². The van der Waals surface area contributed by atoms with Crippen molar-refractivity contribution in [3.05, 3.63) is 41.5 Å². The Labute approximate surface area is 86.8 Å². The van der Waals surface area contributed by atoms with Gasteiger partial charge in [0.25, 0.3) is 0 Å². The molecule has 1 aromatic rings. The maximum Gasteiger partial charge on any atom is 0.0135 e. The molecule has 0 bridgehead atoms. The van der Waals surface area contributed by atoms with Crippen LogP contribution in [0, 0.1) is 0 Å². The third kappa shape index (κ3) is 3.35. The highest BCUT2D eigenvalue weighted by Crippen LogP contribution is 2.15. The van der Waals surface area contributed by atoms with Gasteiger partial charge in [0.1, 0.15) is 0 Å². The van der Waals surface area contributed by atoms with Crippen LogP contribution in [-0.2, 0) is 0 Å². The summed E-state index contributed by atoms with van der Waals surface area (Å²) in [6, 6.07) is 8.73. The van der Waals surface area contributed by atoms with Gasteiger partial charge in [-0.05, 0) is 24.1 Å². The first-order valence-electron chi connectivity index (χ1n) is 5.15. The average Bonchev–Trinajstić information content (AvgIpc) is 2.19. The Morgan fingerprint density at radius 2 is 1.86 bits per heavy atom. The number of benzene rings is 1. The van der Waals surface area contributed by atoms with Gasteiger partial charge in [0.05, 0.1) is 0 Å². The minimum absolute atomic E-state index is 0.616. The molecule has 1 aromatic carbocycles. The van der Waals surface area contributed by atoms with Crippen molar-refractivity contribution in [1.82, 2.24) is 5.32 Å². The summed E-state index contributed by atoms with van der Waals surface area (Å²) in [4.78, 5) is 0. The predicted molar refractivity (Wildman–Crippen MR) is 63.5 cm³/mol. The molecule has 0 spiro atoms. The number of hydrogen-bond acceptors (Lipinski definition) is 1. The van der Waals surface area contributed by atoms with E-state index in [1.807, 2.05) is 7.05 Å². The Kier molecular flexibility index (Phi) is 4.41. The normalized spacial score (nSPS) is 11.4.